The van der Waals surface area contributed by atoms with Crippen molar-refractivity contribution in [3.63, 3.8) is 0 Å². The lowest BCUT2D eigenvalue weighted by molar-refractivity contribution is -0.122. The van der Waals surface area contributed by atoms with Crippen molar-refractivity contribution in [3.05, 3.63) is 94.1 Å². The molecule has 2 amide bonds. The minimum atomic E-state index is -0.797. The van der Waals surface area contributed by atoms with Crippen LogP contribution in [-0.2, 0) is 18.2 Å². The van der Waals surface area contributed by atoms with Crippen LogP contribution in [0.4, 0.5) is 5.82 Å². The third-order valence-electron chi connectivity index (χ3n) is 6.53. The zero-order valence-electron chi connectivity index (χ0n) is 15.4. The van der Waals surface area contributed by atoms with E-state index >= 15 is 0 Å². The van der Waals surface area contributed by atoms with Crippen LogP contribution in [0.15, 0.2) is 66.9 Å². The molecule has 0 spiro atoms. The summed E-state index contributed by atoms with van der Waals surface area (Å²) < 4.78 is -1.59. The van der Waals surface area contributed by atoms with Crippen LogP contribution in [0, 0.1) is 11.8 Å². The maximum absolute atomic E-state index is 13.8. The van der Waals surface area contributed by atoms with Gasteiger partial charge >= 0.3 is 0 Å². The van der Waals surface area contributed by atoms with E-state index < -0.39 is 20.5 Å². The van der Waals surface area contributed by atoms with Gasteiger partial charge in [0.05, 0.1) is 25.5 Å². The fourth-order valence-corrected chi connectivity index (χ4v) is 7.81. The van der Waals surface area contributed by atoms with Gasteiger partial charge in [0.1, 0.15) is 5.82 Å². The van der Waals surface area contributed by atoms with Crippen LogP contribution in [0.2, 0.25) is 5.02 Å². The smallest absolute Gasteiger partial charge is 0.241 e. The number of carbonyl (C=O) groups is 2. The van der Waals surface area contributed by atoms with E-state index in [9.17, 15) is 9.59 Å². The third kappa shape index (κ3) is 2.00. The Labute approximate surface area is 194 Å². The van der Waals surface area contributed by atoms with E-state index in [0.717, 1.165) is 22.3 Å². The molecule has 2 atom stereocenters. The molecule has 0 saturated carbocycles. The van der Waals surface area contributed by atoms with Crippen molar-refractivity contribution in [1.29, 1.82) is 0 Å². The summed E-state index contributed by atoms with van der Waals surface area (Å²) in [5, 5.41) is 0.448. The number of hydrogen-bond acceptors (Lipinski definition) is 3. The van der Waals surface area contributed by atoms with Crippen molar-refractivity contribution < 1.29 is 9.59 Å². The highest BCUT2D eigenvalue weighted by Gasteiger charge is 2.72. The molecule has 30 heavy (non-hydrogen) atoms. The van der Waals surface area contributed by atoms with E-state index in [0.29, 0.717) is 10.8 Å². The van der Waals surface area contributed by atoms with Gasteiger partial charge in [0.25, 0.3) is 0 Å². The summed E-state index contributed by atoms with van der Waals surface area (Å²) in [4.78, 5) is 33.0. The van der Waals surface area contributed by atoms with E-state index in [1.54, 1.807) is 12.1 Å². The zero-order valence-corrected chi connectivity index (χ0v) is 19.3. The van der Waals surface area contributed by atoms with Gasteiger partial charge in [-0.25, -0.2) is 9.88 Å². The van der Waals surface area contributed by atoms with Crippen LogP contribution in [0.5, 0.6) is 0 Å². The molecule has 2 heterocycles. The standard InChI is InChI=1S/C23H13Br2ClN2O2/c24-22-13-5-1-2-6-14(13)23(25,16-8-4-3-7-15(16)22)19-18(22)20(29)28(21(19)30)17-10-9-12(26)11-27-17/h1-11,18-19H/t18-,19+,22?,23?. The van der Waals surface area contributed by atoms with Gasteiger partial charge in [0.2, 0.25) is 11.8 Å². The average molecular weight is 545 g/mol. The van der Waals surface area contributed by atoms with Gasteiger partial charge in [-0.1, -0.05) is 92.0 Å². The topological polar surface area (TPSA) is 50.3 Å². The number of amides is 2. The summed E-state index contributed by atoms with van der Waals surface area (Å²) >= 11 is 13.9. The van der Waals surface area contributed by atoms with E-state index in [1.807, 2.05) is 48.5 Å². The number of hydrogen-bond donors (Lipinski definition) is 0. The summed E-state index contributed by atoms with van der Waals surface area (Å²) in [6, 6.07) is 19.3. The molecule has 0 radical (unpaired) electrons. The zero-order chi connectivity index (χ0) is 20.8. The Hall–Kier alpha value is -2.02. The number of pyridine rings is 1. The average Bonchev–Trinajstić information content (AvgIpc) is 3.04. The second-order valence-corrected chi connectivity index (χ2v) is 10.8. The van der Waals surface area contributed by atoms with Gasteiger partial charge in [-0.2, -0.15) is 0 Å². The van der Waals surface area contributed by atoms with Crippen LogP contribution >= 0.6 is 43.5 Å². The first kappa shape index (κ1) is 18.7. The van der Waals surface area contributed by atoms with Gasteiger partial charge in [0.15, 0.2) is 0 Å². The van der Waals surface area contributed by atoms with Gasteiger partial charge in [0, 0.05) is 6.20 Å². The maximum Gasteiger partial charge on any atom is 0.241 e. The van der Waals surface area contributed by atoms with E-state index in [4.69, 9.17) is 11.6 Å². The minimum Gasteiger partial charge on any atom is -0.274 e. The fraction of sp³-hybridized carbons (Fsp3) is 0.174. The SMILES string of the molecule is O=C1[C@@H]2[C@H](C(=O)N1c1ccc(Cl)cn1)C1(Br)c3ccccc3C2(Br)c2ccccc21. The number of benzene rings is 2. The van der Waals surface area contributed by atoms with Gasteiger partial charge < -0.3 is 0 Å². The number of carbonyl (C=O) groups excluding carboxylic acids is 2. The Kier molecular flexibility index (Phi) is 3.76. The molecule has 0 N–H and O–H groups in total. The molecule has 1 aliphatic heterocycles. The molecule has 1 fully saturated rings. The van der Waals surface area contributed by atoms with Crippen LogP contribution in [0.1, 0.15) is 22.3 Å². The molecule has 2 aromatic carbocycles. The Morgan fingerprint density at radius 3 is 1.57 bits per heavy atom. The van der Waals surface area contributed by atoms with Crippen LogP contribution < -0.4 is 4.90 Å². The summed E-state index contributed by atoms with van der Waals surface area (Å²) in [6.07, 6.45) is 1.45. The predicted octanol–water partition coefficient (Wildman–Crippen LogP) is 5.14. The summed E-state index contributed by atoms with van der Waals surface area (Å²) in [5.41, 5.74) is 4.03. The van der Waals surface area contributed by atoms with Crippen LogP contribution in [0.3, 0.4) is 0 Å². The van der Waals surface area contributed by atoms with Crippen LogP contribution in [-0.4, -0.2) is 16.8 Å². The number of imide groups is 1. The quantitative estimate of drug-likeness (QED) is 0.315. The van der Waals surface area contributed by atoms with Crippen molar-refractivity contribution in [1.82, 2.24) is 4.98 Å². The number of halogens is 3. The summed E-state index contributed by atoms with van der Waals surface area (Å²) in [5.74, 6) is -1.43. The summed E-state index contributed by atoms with van der Waals surface area (Å²) in [6.45, 7) is 0. The number of rotatable bonds is 1. The lowest BCUT2D eigenvalue weighted by atomic mass is 9.54. The number of anilines is 1. The predicted molar refractivity (Wildman–Crippen MR) is 121 cm³/mol. The monoisotopic (exact) mass is 542 g/mol. The van der Waals surface area contributed by atoms with Crippen molar-refractivity contribution >= 4 is 61.1 Å². The first-order chi connectivity index (χ1) is 14.4. The summed E-state index contributed by atoms with van der Waals surface area (Å²) in [7, 11) is 0. The molecule has 4 aliphatic rings. The normalized spacial score (nSPS) is 30.8. The van der Waals surface area contributed by atoms with Crippen molar-refractivity contribution in [3.8, 4) is 0 Å². The molecule has 4 nitrogen and oxygen atoms in total. The molecule has 1 aromatic heterocycles. The first-order valence-corrected chi connectivity index (χ1v) is 11.4. The van der Waals surface area contributed by atoms with Gasteiger partial charge in [-0.15, -0.1) is 0 Å². The molecule has 2 bridgehead atoms. The van der Waals surface area contributed by atoms with Crippen molar-refractivity contribution in [2.24, 2.45) is 11.8 Å². The van der Waals surface area contributed by atoms with E-state index in [1.165, 1.54) is 11.1 Å². The van der Waals surface area contributed by atoms with Crippen molar-refractivity contribution in [2.45, 2.75) is 8.65 Å². The Balaban J connectivity index is 1.66. The molecule has 3 aromatic rings. The highest BCUT2D eigenvalue weighted by molar-refractivity contribution is 9.10. The van der Waals surface area contributed by atoms with E-state index in [-0.39, 0.29) is 11.8 Å². The first-order valence-electron chi connectivity index (χ1n) is 9.47. The molecule has 148 valence electrons. The third-order valence-corrected chi connectivity index (χ3v) is 9.44. The second-order valence-electron chi connectivity index (χ2n) is 7.82. The van der Waals surface area contributed by atoms with Crippen LogP contribution in [0.25, 0.3) is 0 Å². The Bertz CT molecular complexity index is 1140. The molecule has 0 unspecified atom stereocenters. The highest BCUT2D eigenvalue weighted by atomic mass is 79.9. The molecular formula is C23H13Br2ClN2O2. The highest BCUT2D eigenvalue weighted by Crippen LogP contribution is 2.70. The molecule has 3 aliphatic carbocycles. The maximum atomic E-state index is 13.8. The Morgan fingerprint density at radius 2 is 1.20 bits per heavy atom. The number of nitrogens with zero attached hydrogens (tertiary/aromatic N) is 2. The largest absolute Gasteiger partial charge is 0.274 e. The number of alkyl halides is 2. The van der Waals surface area contributed by atoms with E-state index in [2.05, 4.69) is 36.8 Å². The molecule has 7 heteroatoms. The van der Waals surface area contributed by atoms with Crippen molar-refractivity contribution in [2.75, 3.05) is 4.90 Å². The fourth-order valence-electron chi connectivity index (χ4n) is 5.39. The second kappa shape index (κ2) is 6.02. The van der Waals surface area contributed by atoms with Gasteiger partial charge in [-0.05, 0) is 34.4 Å². The Morgan fingerprint density at radius 1 is 0.767 bits per heavy atom. The lowest BCUT2D eigenvalue weighted by Crippen LogP contribution is -2.56. The number of aromatic nitrogens is 1. The molecule has 7 rings (SSSR count). The minimum absolute atomic E-state index is 0.260. The molecular weight excluding hydrogens is 532 g/mol. The lowest BCUT2D eigenvalue weighted by Gasteiger charge is -2.55. The van der Waals surface area contributed by atoms with Gasteiger partial charge in [-0.3, -0.25) is 9.59 Å². The molecule has 1 saturated heterocycles.